The van der Waals surface area contributed by atoms with E-state index in [4.69, 9.17) is 4.74 Å². The molecule has 0 radical (unpaired) electrons. The molecular formula is C17H30N4O2. The van der Waals surface area contributed by atoms with Gasteiger partial charge in [-0.3, -0.25) is 9.58 Å². The predicted molar refractivity (Wildman–Crippen MR) is 90.0 cm³/mol. The third kappa shape index (κ3) is 5.86. The normalized spacial score (nSPS) is 21.0. The fourth-order valence-electron chi connectivity index (χ4n) is 3.07. The van der Waals surface area contributed by atoms with Crippen molar-refractivity contribution in [2.24, 2.45) is 13.0 Å². The first-order valence-corrected chi connectivity index (χ1v) is 8.42. The Morgan fingerprint density at radius 1 is 1.52 bits per heavy atom. The Morgan fingerprint density at radius 2 is 2.26 bits per heavy atom. The number of nitrogens with zero attached hydrogens (tertiary/aromatic N) is 3. The molecule has 1 aromatic heterocycles. The van der Waals surface area contributed by atoms with Crippen molar-refractivity contribution in [3.8, 4) is 0 Å². The van der Waals surface area contributed by atoms with Crippen LogP contribution in [0.4, 0.5) is 4.79 Å². The van der Waals surface area contributed by atoms with Gasteiger partial charge in [-0.25, -0.2) is 4.79 Å². The number of hydrogen-bond acceptors (Lipinski definition) is 4. The van der Waals surface area contributed by atoms with Crippen molar-refractivity contribution in [2.45, 2.75) is 58.7 Å². The first-order chi connectivity index (χ1) is 10.7. The number of aromatic nitrogens is 2. The second-order valence-electron chi connectivity index (χ2n) is 7.59. The summed E-state index contributed by atoms with van der Waals surface area (Å²) in [6.07, 6.45) is 5.96. The van der Waals surface area contributed by atoms with Gasteiger partial charge in [-0.15, -0.1) is 0 Å². The lowest BCUT2D eigenvalue weighted by Gasteiger charge is -2.36. The number of carbonyl (C=O) groups excluding carboxylic acids is 1. The van der Waals surface area contributed by atoms with Gasteiger partial charge in [-0.2, -0.15) is 5.10 Å². The van der Waals surface area contributed by atoms with Crippen LogP contribution in [0.25, 0.3) is 0 Å². The molecule has 2 atom stereocenters. The molecule has 0 bridgehead atoms. The van der Waals surface area contributed by atoms with Crippen molar-refractivity contribution in [3.05, 3.63) is 18.0 Å². The number of piperidine rings is 1. The summed E-state index contributed by atoms with van der Waals surface area (Å²) < 4.78 is 7.19. The molecule has 0 saturated carbocycles. The van der Waals surface area contributed by atoms with Crippen molar-refractivity contribution in [2.75, 3.05) is 13.1 Å². The first-order valence-electron chi connectivity index (χ1n) is 8.42. The maximum absolute atomic E-state index is 11.9. The van der Waals surface area contributed by atoms with Gasteiger partial charge in [0.2, 0.25) is 0 Å². The molecule has 130 valence electrons. The SMILES string of the molecule is C[C@@H](NC(=O)OC(C)(C)C)[C@H]1CCCN(Cc2cnn(C)c2)C1. The van der Waals surface area contributed by atoms with Crippen LogP contribution in [0.3, 0.4) is 0 Å². The number of ether oxygens (including phenoxy) is 1. The van der Waals surface area contributed by atoms with Gasteiger partial charge < -0.3 is 10.1 Å². The van der Waals surface area contributed by atoms with Gasteiger partial charge in [0.25, 0.3) is 0 Å². The molecule has 2 heterocycles. The number of amides is 1. The van der Waals surface area contributed by atoms with Crippen LogP contribution in [-0.2, 0) is 18.3 Å². The third-order valence-electron chi connectivity index (χ3n) is 4.16. The average molecular weight is 322 g/mol. The molecule has 1 aliphatic rings. The summed E-state index contributed by atoms with van der Waals surface area (Å²) in [6.45, 7) is 10.7. The first kappa shape index (κ1) is 17.8. The summed E-state index contributed by atoms with van der Waals surface area (Å²) in [6, 6.07) is 0.113. The fraction of sp³-hybridized carbons (Fsp3) is 0.765. The van der Waals surface area contributed by atoms with E-state index in [0.717, 1.165) is 32.5 Å². The molecule has 2 rings (SSSR count). The highest BCUT2D eigenvalue weighted by Gasteiger charge is 2.27. The van der Waals surface area contributed by atoms with Crippen LogP contribution in [0.2, 0.25) is 0 Å². The highest BCUT2D eigenvalue weighted by atomic mass is 16.6. The van der Waals surface area contributed by atoms with Crippen molar-refractivity contribution >= 4 is 6.09 Å². The van der Waals surface area contributed by atoms with Crippen LogP contribution < -0.4 is 5.32 Å². The van der Waals surface area contributed by atoms with E-state index in [1.54, 1.807) is 0 Å². The molecule has 1 N–H and O–H groups in total. The number of likely N-dealkylation sites (tertiary alicyclic amines) is 1. The number of nitrogens with one attached hydrogen (secondary N) is 1. The predicted octanol–water partition coefficient (Wildman–Crippen LogP) is 2.55. The molecule has 0 unspecified atom stereocenters. The Hall–Kier alpha value is -1.56. The molecule has 0 aromatic carbocycles. The van der Waals surface area contributed by atoms with E-state index in [1.165, 1.54) is 5.56 Å². The van der Waals surface area contributed by atoms with Gasteiger partial charge in [-0.05, 0) is 53.0 Å². The standard InChI is InChI=1S/C17H30N4O2/c1-13(19-16(22)23-17(2,3)4)15-7-6-8-21(12-15)11-14-9-18-20(5)10-14/h9-10,13,15H,6-8,11-12H2,1-5H3,(H,19,22)/t13-,15+/m1/s1. The van der Waals surface area contributed by atoms with E-state index in [1.807, 2.05) is 38.7 Å². The van der Waals surface area contributed by atoms with E-state index >= 15 is 0 Å². The van der Waals surface area contributed by atoms with Crippen LogP contribution in [-0.4, -0.2) is 45.5 Å². The fourth-order valence-corrected chi connectivity index (χ4v) is 3.07. The Balaban J connectivity index is 1.83. The molecule has 1 amide bonds. The van der Waals surface area contributed by atoms with Gasteiger partial charge in [0.05, 0.1) is 6.20 Å². The molecule has 0 spiro atoms. The van der Waals surface area contributed by atoms with E-state index in [9.17, 15) is 4.79 Å². The number of hydrogen-bond donors (Lipinski definition) is 1. The minimum atomic E-state index is -0.456. The summed E-state index contributed by atoms with van der Waals surface area (Å²) >= 11 is 0. The molecule has 23 heavy (non-hydrogen) atoms. The maximum atomic E-state index is 11.9. The van der Waals surface area contributed by atoms with E-state index in [0.29, 0.717) is 5.92 Å². The lowest BCUT2D eigenvalue weighted by molar-refractivity contribution is 0.0466. The number of alkyl carbamates (subject to hydrolysis) is 1. The number of rotatable bonds is 4. The molecular weight excluding hydrogens is 292 g/mol. The Labute approximate surface area is 139 Å². The van der Waals surface area contributed by atoms with Gasteiger partial charge in [0.15, 0.2) is 0 Å². The monoisotopic (exact) mass is 322 g/mol. The lowest BCUT2D eigenvalue weighted by Crippen LogP contribution is -2.47. The van der Waals surface area contributed by atoms with Gasteiger partial charge in [-0.1, -0.05) is 0 Å². The van der Waals surface area contributed by atoms with Gasteiger partial charge >= 0.3 is 6.09 Å². The van der Waals surface area contributed by atoms with E-state index < -0.39 is 5.60 Å². The zero-order chi connectivity index (χ0) is 17.0. The second-order valence-corrected chi connectivity index (χ2v) is 7.59. The minimum absolute atomic E-state index is 0.113. The number of carbonyl (C=O) groups is 1. The molecule has 1 aliphatic heterocycles. The summed E-state index contributed by atoms with van der Waals surface area (Å²) in [5, 5.41) is 7.22. The van der Waals surface area contributed by atoms with Crippen molar-refractivity contribution < 1.29 is 9.53 Å². The molecule has 1 fully saturated rings. The lowest BCUT2D eigenvalue weighted by atomic mass is 9.91. The molecule has 6 heteroatoms. The van der Waals surface area contributed by atoms with Gasteiger partial charge in [0, 0.05) is 37.9 Å². The van der Waals surface area contributed by atoms with Crippen molar-refractivity contribution in [3.63, 3.8) is 0 Å². The summed E-state index contributed by atoms with van der Waals surface area (Å²) in [5.41, 5.74) is 0.781. The Kier molecular flexibility index (Phi) is 5.68. The molecule has 1 aromatic rings. The summed E-state index contributed by atoms with van der Waals surface area (Å²) in [5.74, 6) is 0.452. The number of aryl methyl sites for hydroxylation is 1. The molecule has 0 aliphatic carbocycles. The highest BCUT2D eigenvalue weighted by molar-refractivity contribution is 5.68. The van der Waals surface area contributed by atoms with E-state index in [-0.39, 0.29) is 12.1 Å². The molecule has 1 saturated heterocycles. The Bertz CT molecular complexity index is 521. The summed E-state index contributed by atoms with van der Waals surface area (Å²) in [4.78, 5) is 14.4. The largest absolute Gasteiger partial charge is 0.444 e. The summed E-state index contributed by atoms with van der Waals surface area (Å²) in [7, 11) is 1.94. The average Bonchev–Trinajstić information content (AvgIpc) is 2.82. The van der Waals surface area contributed by atoms with Crippen LogP contribution in [0, 0.1) is 5.92 Å². The van der Waals surface area contributed by atoms with Crippen LogP contribution >= 0.6 is 0 Å². The van der Waals surface area contributed by atoms with Crippen molar-refractivity contribution in [1.29, 1.82) is 0 Å². The van der Waals surface area contributed by atoms with Crippen LogP contribution in [0.5, 0.6) is 0 Å². The second kappa shape index (κ2) is 7.34. The van der Waals surface area contributed by atoms with Gasteiger partial charge in [0.1, 0.15) is 5.60 Å². The van der Waals surface area contributed by atoms with E-state index in [2.05, 4.69) is 28.4 Å². The van der Waals surface area contributed by atoms with Crippen LogP contribution in [0.1, 0.15) is 46.1 Å². The topological polar surface area (TPSA) is 59.4 Å². The van der Waals surface area contributed by atoms with Crippen LogP contribution in [0.15, 0.2) is 12.4 Å². The smallest absolute Gasteiger partial charge is 0.407 e. The van der Waals surface area contributed by atoms with Crippen molar-refractivity contribution in [1.82, 2.24) is 20.0 Å². The minimum Gasteiger partial charge on any atom is -0.444 e. The third-order valence-corrected chi connectivity index (χ3v) is 4.16. The zero-order valence-corrected chi connectivity index (χ0v) is 15.0. The quantitative estimate of drug-likeness (QED) is 0.925. The maximum Gasteiger partial charge on any atom is 0.407 e. The Morgan fingerprint density at radius 3 is 2.87 bits per heavy atom. The highest BCUT2D eigenvalue weighted by Crippen LogP contribution is 2.21. The molecule has 6 nitrogen and oxygen atoms in total. The zero-order valence-electron chi connectivity index (χ0n) is 15.0.